The van der Waals surface area contributed by atoms with Crippen molar-refractivity contribution in [2.45, 2.75) is 37.4 Å². The van der Waals surface area contributed by atoms with Gasteiger partial charge in [-0.15, -0.1) is 11.7 Å². The Morgan fingerprint density at radius 1 is 1.10 bits per heavy atom. The molecule has 0 aromatic heterocycles. The van der Waals surface area contributed by atoms with Gasteiger partial charge < -0.3 is 0 Å². The number of rotatable bonds is 1. The largest absolute Gasteiger partial charge is 0.103 e. The van der Waals surface area contributed by atoms with Crippen molar-refractivity contribution in [3.05, 3.63) is 0 Å². The molecular formula is C6H12S4. The third-order valence-electron chi connectivity index (χ3n) is 1.97. The molecule has 0 aliphatic heterocycles. The van der Waals surface area contributed by atoms with Crippen LogP contribution in [0.1, 0.15) is 32.1 Å². The highest BCUT2D eigenvalue weighted by Gasteiger charge is 2.17. The molecule has 0 bridgehead atoms. The SMILES string of the molecule is S=S(=S)(S)C1CCCCC1. The lowest BCUT2D eigenvalue weighted by Crippen LogP contribution is -2.17. The molecule has 1 aliphatic rings. The van der Waals surface area contributed by atoms with E-state index in [1.165, 1.54) is 32.1 Å². The lowest BCUT2D eigenvalue weighted by molar-refractivity contribution is 0.516. The molecule has 0 saturated heterocycles. The van der Waals surface area contributed by atoms with Crippen molar-refractivity contribution in [1.82, 2.24) is 0 Å². The second-order valence-corrected chi connectivity index (χ2v) is 11.5. The molecule has 4 heteroatoms. The molecule has 1 saturated carbocycles. The van der Waals surface area contributed by atoms with Crippen molar-refractivity contribution in [2.75, 3.05) is 0 Å². The average Bonchev–Trinajstić information content (AvgIpc) is 1.88. The Morgan fingerprint density at radius 2 is 1.60 bits per heavy atom. The van der Waals surface area contributed by atoms with Crippen molar-refractivity contribution >= 4 is 40.2 Å². The molecule has 10 heavy (non-hydrogen) atoms. The molecule has 60 valence electrons. The topological polar surface area (TPSA) is 0 Å². The van der Waals surface area contributed by atoms with Crippen molar-refractivity contribution in [1.29, 1.82) is 0 Å². The van der Waals surface area contributed by atoms with Gasteiger partial charge in [0, 0.05) is 5.25 Å². The van der Waals surface area contributed by atoms with Crippen LogP contribution in [0.15, 0.2) is 0 Å². The number of hydrogen-bond acceptors (Lipinski definition) is 2. The van der Waals surface area contributed by atoms with Crippen LogP contribution in [-0.4, -0.2) is 5.25 Å². The van der Waals surface area contributed by atoms with Crippen molar-refractivity contribution < 1.29 is 0 Å². The van der Waals surface area contributed by atoms with Crippen LogP contribution in [-0.2, 0) is 28.6 Å². The molecule has 0 N–H and O–H groups in total. The van der Waals surface area contributed by atoms with Gasteiger partial charge in [0.1, 0.15) is 0 Å². The van der Waals surface area contributed by atoms with Crippen LogP contribution in [0.25, 0.3) is 0 Å². The predicted molar refractivity (Wildman–Crippen MR) is 58.0 cm³/mol. The summed E-state index contributed by atoms with van der Waals surface area (Å²) in [4.78, 5) is 0. The maximum absolute atomic E-state index is 5.17. The van der Waals surface area contributed by atoms with Gasteiger partial charge in [0.05, 0.1) is 0 Å². The summed E-state index contributed by atoms with van der Waals surface area (Å²) in [6.07, 6.45) is 5.08. The van der Waals surface area contributed by atoms with E-state index in [0.29, 0.717) is 5.25 Å². The molecule has 0 atom stereocenters. The molecule has 0 radical (unpaired) electrons. The molecule has 1 fully saturated rings. The van der Waals surface area contributed by atoms with Crippen molar-refractivity contribution in [3.8, 4) is 0 Å². The van der Waals surface area contributed by atoms with E-state index in [1.54, 1.807) is 0 Å². The fourth-order valence-electron chi connectivity index (χ4n) is 1.36. The quantitative estimate of drug-likeness (QED) is 0.523. The molecule has 0 amide bonds. The molecule has 0 spiro atoms. The monoisotopic (exact) mass is 212 g/mol. The first kappa shape index (κ1) is 9.23. The summed E-state index contributed by atoms with van der Waals surface area (Å²) in [7, 11) is 0. The lowest BCUT2D eigenvalue weighted by Gasteiger charge is -2.22. The second kappa shape index (κ2) is 3.70. The maximum Gasteiger partial charge on any atom is 0.0224 e. The highest BCUT2D eigenvalue weighted by molar-refractivity contribution is 8.93. The Bertz CT molecular complexity index is 186. The zero-order valence-electron chi connectivity index (χ0n) is 5.78. The minimum atomic E-state index is -1.36. The van der Waals surface area contributed by atoms with E-state index in [9.17, 15) is 0 Å². The standard InChI is InChI=1S/C6H12S4/c7-10(8,9)6-4-2-1-3-5-6/h6H,1-5H2,(H,7,8,9). The van der Waals surface area contributed by atoms with Gasteiger partial charge in [-0.25, -0.2) is 0 Å². The first-order valence-electron chi connectivity index (χ1n) is 3.57. The maximum atomic E-state index is 5.17. The van der Waals surface area contributed by atoms with Crippen LogP contribution in [0.4, 0.5) is 0 Å². The summed E-state index contributed by atoms with van der Waals surface area (Å²) >= 11 is 14.6. The Kier molecular flexibility index (Phi) is 3.41. The molecule has 0 nitrogen and oxygen atoms in total. The molecule has 0 unspecified atom stereocenters. The van der Waals surface area contributed by atoms with Gasteiger partial charge in [-0.1, -0.05) is 19.3 Å². The van der Waals surface area contributed by atoms with Crippen molar-refractivity contribution in [3.63, 3.8) is 0 Å². The summed E-state index contributed by atoms with van der Waals surface area (Å²) in [5, 5.41) is 0.578. The third-order valence-corrected chi connectivity index (χ3v) is 5.81. The van der Waals surface area contributed by atoms with Gasteiger partial charge >= 0.3 is 0 Å². The van der Waals surface area contributed by atoms with E-state index in [0.717, 1.165) is 0 Å². The summed E-state index contributed by atoms with van der Waals surface area (Å²) in [6, 6.07) is 0. The highest BCUT2D eigenvalue weighted by Crippen LogP contribution is 2.26. The molecular weight excluding hydrogens is 200 g/mol. The fraction of sp³-hybridized carbons (Fsp3) is 1.00. The molecule has 1 aliphatic carbocycles. The van der Waals surface area contributed by atoms with Gasteiger partial charge in [0.25, 0.3) is 0 Å². The van der Waals surface area contributed by atoms with Gasteiger partial charge in [-0.3, -0.25) is 0 Å². The minimum absolute atomic E-state index is 0.578. The van der Waals surface area contributed by atoms with Gasteiger partial charge in [-0.05, 0) is 41.4 Å². The van der Waals surface area contributed by atoms with Crippen LogP contribution in [0, 0.1) is 0 Å². The van der Waals surface area contributed by atoms with Crippen LogP contribution in [0.2, 0.25) is 0 Å². The van der Waals surface area contributed by atoms with Crippen LogP contribution >= 0.6 is 11.7 Å². The third kappa shape index (κ3) is 2.64. The molecule has 0 heterocycles. The van der Waals surface area contributed by atoms with Crippen LogP contribution in [0.3, 0.4) is 0 Å². The minimum Gasteiger partial charge on any atom is -0.103 e. The first-order chi connectivity index (χ1) is 4.61. The van der Waals surface area contributed by atoms with Crippen molar-refractivity contribution in [2.24, 2.45) is 0 Å². The molecule has 0 aromatic carbocycles. The number of thiol groups is 1. The zero-order chi connectivity index (χ0) is 7.61. The lowest BCUT2D eigenvalue weighted by atomic mass is 10.0. The first-order valence-corrected chi connectivity index (χ1v) is 8.17. The van der Waals surface area contributed by atoms with E-state index in [1.807, 2.05) is 0 Å². The summed E-state index contributed by atoms with van der Waals surface area (Å²) in [5.41, 5.74) is 0. The zero-order valence-corrected chi connectivity index (χ0v) is 9.13. The van der Waals surface area contributed by atoms with Crippen LogP contribution < -0.4 is 0 Å². The van der Waals surface area contributed by atoms with E-state index < -0.39 is 6.18 Å². The summed E-state index contributed by atoms with van der Waals surface area (Å²) in [5.74, 6) is 0. The molecule has 1 rings (SSSR count). The van der Waals surface area contributed by atoms with E-state index in [4.69, 9.17) is 22.4 Å². The van der Waals surface area contributed by atoms with Crippen LogP contribution in [0.5, 0.6) is 0 Å². The average molecular weight is 212 g/mol. The predicted octanol–water partition coefficient (Wildman–Crippen LogP) is 2.24. The smallest absolute Gasteiger partial charge is 0.0224 e. The van der Waals surface area contributed by atoms with Gasteiger partial charge in [0.2, 0.25) is 0 Å². The Labute approximate surface area is 77.4 Å². The van der Waals surface area contributed by atoms with E-state index in [-0.39, 0.29) is 0 Å². The molecule has 0 aromatic rings. The summed E-state index contributed by atoms with van der Waals surface area (Å²) in [6.45, 7) is 0. The van der Waals surface area contributed by atoms with E-state index in [2.05, 4.69) is 11.7 Å². The normalized spacial score (nSPS) is 22.9. The van der Waals surface area contributed by atoms with E-state index >= 15 is 0 Å². The Hall–Kier alpha value is 1.14. The Morgan fingerprint density at radius 3 is 1.90 bits per heavy atom. The Balaban J connectivity index is 2.56. The van der Waals surface area contributed by atoms with Gasteiger partial charge in [-0.2, -0.15) is 0 Å². The summed E-state index contributed by atoms with van der Waals surface area (Å²) < 4.78 is 0. The fourth-order valence-corrected chi connectivity index (χ4v) is 4.08. The highest BCUT2D eigenvalue weighted by atomic mass is 33.5. The number of hydrogen-bond donors (Lipinski definition) is 1. The second-order valence-electron chi connectivity index (χ2n) is 2.77. The van der Waals surface area contributed by atoms with Gasteiger partial charge in [0.15, 0.2) is 0 Å².